The van der Waals surface area contributed by atoms with E-state index in [2.05, 4.69) is 24.1 Å². The molecule has 1 atom stereocenters. The summed E-state index contributed by atoms with van der Waals surface area (Å²) in [6.45, 7) is 6.41. The molecule has 23 heavy (non-hydrogen) atoms. The molecule has 0 aliphatic rings. The quantitative estimate of drug-likeness (QED) is 0.833. The van der Waals surface area contributed by atoms with Gasteiger partial charge in [0, 0.05) is 19.8 Å². The molecular formula is C18H22N3O2. The van der Waals surface area contributed by atoms with Crippen LogP contribution in [0.5, 0.6) is 0 Å². The van der Waals surface area contributed by atoms with Gasteiger partial charge in [-0.3, -0.25) is 9.82 Å². The maximum Gasteiger partial charge on any atom is 0.341 e. The van der Waals surface area contributed by atoms with Gasteiger partial charge in [-0.05, 0) is 30.5 Å². The molecular weight excluding hydrogens is 290 g/mol. The Labute approximate surface area is 137 Å². The van der Waals surface area contributed by atoms with Gasteiger partial charge in [0.2, 0.25) is 0 Å². The first kappa shape index (κ1) is 17.0. The Morgan fingerprint density at radius 2 is 2.00 bits per heavy atom. The number of urea groups is 1. The van der Waals surface area contributed by atoms with Crippen molar-refractivity contribution in [1.29, 1.82) is 0 Å². The Hall–Kier alpha value is -2.40. The molecule has 5 nitrogen and oxygen atoms in total. The van der Waals surface area contributed by atoms with E-state index < -0.39 is 6.10 Å². The van der Waals surface area contributed by atoms with E-state index in [1.54, 1.807) is 13.2 Å². The molecule has 1 aromatic heterocycles. The topological polar surface area (TPSA) is 54.5 Å². The fraction of sp³-hybridized carbons (Fsp3) is 0.278. The van der Waals surface area contributed by atoms with Crippen molar-refractivity contribution in [2.24, 2.45) is 0 Å². The first-order chi connectivity index (χ1) is 11.1. The Balaban J connectivity index is 1.84. The Morgan fingerprint density at radius 3 is 2.61 bits per heavy atom. The van der Waals surface area contributed by atoms with Gasteiger partial charge in [-0.1, -0.05) is 43.3 Å². The fourth-order valence-corrected chi connectivity index (χ4v) is 2.01. The number of pyridine rings is 1. The van der Waals surface area contributed by atoms with E-state index in [0.717, 1.165) is 22.6 Å². The van der Waals surface area contributed by atoms with Gasteiger partial charge in [-0.2, -0.15) is 0 Å². The molecule has 1 radical (unpaired) electrons. The third-order valence-electron chi connectivity index (χ3n) is 3.44. The number of hydroxylamine groups is 2. The lowest BCUT2D eigenvalue weighted by Crippen LogP contribution is -2.37. The van der Waals surface area contributed by atoms with E-state index in [4.69, 9.17) is 4.84 Å². The van der Waals surface area contributed by atoms with Crippen molar-refractivity contribution < 1.29 is 9.63 Å². The molecule has 1 unspecified atom stereocenters. The average Bonchev–Trinajstić information content (AvgIpc) is 2.60. The van der Waals surface area contributed by atoms with Crippen LogP contribution in [0.1, 0.15) is 29.8 Å². The second-order valence-electron chi connectivity index (χ2n) is 5.18. The lowest BCUT2D eigenvalue weighted by molar-refractivity contribution is -0.131. The fourth-order valence-electron chi connectivity index (χ4n) is 2.01. The number of rotatable bonds is 6. The van der Waals surface area contributed by atoms with Crippen LogP contribution >= 0.6 is 0 Å². The zero-order valence-corrected chi connectivity index (χ0v) is 13.5. The van der Waals surface area contributed by atoms with Crippen molar-refractivity contribution in [3.63, 3.8) is 0 Å². The minimum Gasteiger partial charge on any atom is -0.332 e. The number of aryl methyl sites for hydroxylation is 1. The third-order valence-corrected chi connectivity index (χ3v) is 3.44. The maximum atomic E-state index is 12.0. The Morgan fingerprint density at radius 1 is 1.26 bits per heavy atom. The monoisotopic (exact) mass is 312 g/mol. The van der Waals surface area contributed by atoms with E-state index in [1.165, 1.54) is 0 Å². The van der Waals surface area contributed by atoms with Crippen molar-refractivity contribution in [2.75, 3.05) is 7.05 Å². The number of hydrogen-bond acceptors (Lipinski definition) is 3. The predicted octanol–water partition coefficient (Wildman–Crippen LogP) is 3.29. The van der Waals surface area contributed by atoms with Crippen LogP contribution in [0.4, 0.5) is 4.79 Å². The van der Waals surface area contributed by atoms with Gasteiger partial charge >= 0.3 is 6.03 Å². The van der Waals surface area contributed by atoms with Crippen molar-refractivity contribution in [2.45, 2.75) is 26.0 Å². The standard InChI is InChI=1S/C18H22N3O2/c1-4-15-10-11-17(19-12-15)14(2)23-21(3)18(22)20-13-16-8-6-5-7-9-16/h5-12,14H,2,4,13H2,1,3H3,(H,20,22). The van der Waals surface area contributed by atoms with Crippen LogP contribution in [0.3, 0.4) is 0 Å². The van der Waals surface area contributed by atoms with E-state index in [0.29, 0.717) is 12.2 Å². The molecule has 0 saturated heterocycles. The second-order valence-corrected chi connectivity index (χ2v) is 5.18. The van der Waals surface area contributed by atoms with Gasteiger partial charge in [0.25, 0.3) is 0 Å². The van der Waals surface area contributed by atoms with Gasteiger partial charge in [0.05, 0.1) is 5.69 Å². The van der Waals surface area contributed by atoms with Crippen LogP contribution < -0.4 is 5.32 Å². The second kappa shape index (κ2) is 8.29. The number of amides is 2. The van der Waals surface area contributed by atoms with Crippen molar-refractivity contribution >= 4 is 6.03 Å². The summed E-state index contributed by atoms with van der Waals surface area (Å²) in [7, 11) is 1.55. The van der Waals surface area contributed by atoms with Crippen LogP contribution in [-0.4, -0.2) is 23.1 Å². The molecule has 1 heterocycles. The average molecular weight is 312 g/mol. The molecule has 1 aromatic carbocycles. The first-order valence-corrected chi connectivity index (χ1v) is 7.60. The number of nitrogens with one attached hydrogen (secondary N) is 1. The maximum absolute atomic E-state index is 12.0. The highest BCUT2D eigenvalue weighted by molar-refractivity contribution is 5.72. The summed E-state index contributed by atoms with van der Waals surface area (Å²) >= 11 is 0. The molecule has 121 valence electrons. The van der Waals surface area contributed by atoms with Gasteiger partial charge < -0.3 is 5.32 Å². The van der Waals surface area contributed by atoms with Gasteiger partial charge in [-0.15, -0.1) is 0 Å². The van der Waals surface area contributed by atoms with Crippen LogP contribution in [0.2, 0.25) is 0 Å². The van der Waals surface area contributed by atoms with Gasteiger partial charge in [-0.25, -0.2) is 9.86 Å². The molecule has 0 aliphatic carbocycles. The van der Waals surface area contributed by atoms with Crippen molar-refractivity contribution in [3.8, 4) is 0 Å². The summed E-state index contributed by atoms with van der Waals surface area (Å²) in [4.78, 5) is 21.8. The molecule has 0 bridgehead atoms. The number of nitrogens with zero attached hydrogens (tertiary/aromatic N) is 2. The molecule has 0 aliphatic heterocycles. The van der Waals surface area contributed by atoms with E-state index in [9.17, 15) is 4.79 Å². The Kier molecular flexibility index (Phi) is 6.11. The van der Waals surface area contributed by atoms with Crippen LogP contribution in [0.15, 0.2) is 48.7 Å². The smallest absolute Gasteiger partial charge is 0.332 e. The SMILES string of the molecule is [CH2]C(ON(C)C(=O)NCc1ccccc1)c1ccc(CC)cn1. The molecule has 5 heteroatoms. The molecule has 2 rings (SSSR count). The molecule has 0 spiro atoms. The predicted molar refractivity (Wildman–Crippen MR) is 89.2 cm³/mol. The summed E-state index contributed by atoms with van der Waals surface area (Å²) < 4.78 is 0. The highest BCUT2D eigenvalue weighted by Gasteiger charge is 2.15. The van der Waals surface area contributed by atoms with E-state index >= 15 is 0 Å². The third kappa shape index (κ3) is 5.07. The highest BCUT2D eigenvalue weighted by atomic mass is 16.7. The lowest BCUT2D eigenvalue weighted by atomic mass is 10.2. The van der Waals surface area contributed by atoms with Crippen molar-refractivity contribution in [3.05, 3.63) is 72.4 Å². The van der Waals surface area contributed by atoms with Gasteiger partial charge in [0.1, 0.15) is 6.10 Å². The summed E-state index contributed by atoms with van der Waals surface area (Å²) in [6, 6.07) is 13.2. The number of benzene rings is 1. The van der Waals surface area contributed by atoms with Crippen LogP contribution in [-0.2, 0) is 17.8 Å². The minimum atomic E-state index is -0.548. The number of aromatic nitrogens is 1. The molecule has 1 N–H and O–H groups in total. The molecule has 2 amide bonds. The molecule has 0 saturated carbocycles. The number of hydrogen-bond donors (Lipinski definition) is 1. The summed E-state index contributed by atoms with van der Waals surface area (Å²) in [5.41, 5.74) is 2.86. The van der Waals surface area contributed by atoms with Crippen molar-refractivity contribution in [1.82, 2.24) is 15.4 Å². The van der Waals surface area contributed by atoms with Crippen LogP contribution in [0, 0.1) is 6.92 Å². The minimum absolute atomic E-state index is 0.326. The molecule has 2 aromatic rings. The summed E-state index contributed by atoms with van der Waals surface area (Å²) in [5.74, 6) is 0. The summed E-state index contributed by atoms with van der Waals surface area (Å²) in [6.07, 6.45) is 2.18. The Bertz CT molecular complexity index is 614. The zero-order valence-electron chi connectivity index (χ0n) is 13.5. The zero-order chi connectivity index (χ0) is 16.7. The summed E-state index contributed by atoms with van der Waals surface area (Å²) in [5, 5.41) is 3.94. The van der Waals surface area contributed by atoms with E-state index in [-0.39, 0.29) is 6.03 Å². The first-order valence-electron chi connectivity index (χ1n) is 7.60. The van der Waals surface area contributed by atoms with Crippen LogP contribution in [0.25, 0.3) is 0 Å². The lowest BCUT2D eigenvalue weighted by Gasteiger charge is -2.21. The largest absolute Gasteiger partial charge is 0.341 e. The number of carbonyl (C=O) groups excluding carboxylic acids is 1. The highest BCUT2D eigenvalue weighted by Crippen LogP contribution is 2.15. The van der Waals surface area contributed by atoms with E-state index in [1.807, 2.05) is 42.5 Å². The van der Waals surface area contributed by atoms with Gasteiger partial charge in [0.15, 0.2) is 0 Å². The molecule has 0 fully saturated rings. The number of carbonyl (C=O) groups is 1. The normalized spacial score (nSPS) is 11.8.